The summed E-state index contributed by atoms with van der Waals surface area (Å²) in [6, 6.07) is 16.5. The molecule has 3 aromatic rings. The number of amidine groups is 1. The molecule has 2 heterocycles. The van der Waals surface area contributed by atoms with Crippen molar-refractivity contribution >= 4 is 16.7 Å². The number of unbranched alkanes of at least 4 members (excludes halogenated alkanes) is 2. The van der Waals surface area contributed by atoms with E-state index < -0.39 is 0 Å². The molecule has 2 aromatic carbocycles. The van der Waals surface area contributed by atoms with Crippen molar-refractivity contribution in [3.8, 4) is 16.9 Å². The molecular formula is C29H38N4O2. The standard InChI is InChI=1S/C29H38N4O2/c1-20-9-7-10-21(2)32(20)15-5-4-6-16-33-27-19-25(35-3)14-13-23(27)18-26(29(33)34)22-11-8-12-24(17-22)28(30)31/h8,11-14,17-21H,4-7,9-10,15-16H2,1-3H3,(H3,30,31)/t20-,21+. The van der Waals surface area contributed by atoms with Crippen LogP contribution in [-0.4, -0.2) is 41.0 Å². The highest BCUT2D eigenvalue weighted by molar-refractivity contribution is 5.96. The molecule has 1 fully saturated rings. The van der Waals surface area contributed by atoms with Crippen LogP contribution in [0.4, 0.5) is 0 Å². The summed E-state index contributed by atoms with van der Waals surface area (Å²) >= 11 is 0. The molecule has 6 nitrogen and oxygen atoms in total. The number of nitrogens with one attached hydrogen (secondary N) is 1. The number of nitrogen functional groups attached to an aromatic ring is 1. The summed E-state index contributed by atoms with van der Waals surface area (Å²) in [5.74, 6) is 0.736. The van der Waals surface area contributed by atoms with Crippen molar-refractivity contribution < 1.29 is 4.74 Å². The van der Waals surface area contributed by atoms with Crippen LogP contribution in [0, 0.1) is 5.41 Å². The smallest absolute Gasteiger partial charge is 0.258 e. The fraction of sp³-hybridized carbons (Fsp3) is 0.448. The third kappa shape index (κ3) is 5.59. The Morgan fingerprint density at radius 1 is 1.03 bits per heavy atom. The second kappa shape index (κ2) is 11.1. The average Bonchev–Trinajstić information content (AvgIpc) is 2.86. The number of hydrogen-bond acceptors (Lipinski definition) is 4. The molecule has 0 bridgehead atoms. The molecular weight excluding hydrogens is 436 g/mol. The topological polar surface area (TPSA) is 84.3 Å². The summed E-state index contributed by atoms with van der Waals surface area (Å²) in [6.45, 7) is 6.49. The summed E-state index contributed by atoms with van der Waals surface area (Å²) in [6.07, 6.45) is 7.10. The number of benzene rings is 2. The van der Waals surface area contributed by atoms with E-state index >= 15 is 0 Å². The summed E-state index contributed by atoms with van der Waals surface area (Å²) in [4.78, 5) is 16.3. The average molecular weight is 475 g/mol. The van der Waals surface area contributed by atoms with E-state index in [1.54, 1.807) is 13.2 Å². The van der Waals surface area contributed by atoms with Gasteiger partial charge in [-0.05, 0) is 81.3 Å². The first-order valence-electron chi connectivity index (χ1n) is 12.8. The normalized spacial score (nSPS) is 18.6. The predicted molar refractivity (Wildman–Crippen MR) is 145 cm³/mol. The predicted octanol–water partition coefficient (Wildman–Crippen LogP) is 5.39. The molecule has 6 heteroatoms. The van der Waals surface area contributed by atoms with Crippen LogP contribution in [0.25, 0.3) is 22.0 Å². The van der Waals surface area contributed by atoms with E-state index in [1.807, 2.05) is 47.0 Å². The molecule has 3 N–H and O–H groups in total. The molecule has 0 saturated carbocycles. The van der Waals surface area contributed by atoms with Gasteiger partial charge in [0.1, 0.15) is 11.6 Å². The number of nitrogens with two attached hydrogens (primary N) is 1. The first kappa shape index (κ1) is 25.0. The minimum atomic E-state index is -0.0234. The maximum Gasteiger partial charge on any atom is 0.258 e. The van der Waals surface area contributed by atoms with Gasteiger partial charge in [0, 0.05) is 35.8 Å². The monoisotopic (exact) mass is 474 g/mol. The molecule has 186 valence electrons. The van der Waals surface area contributed by atoms with Crippen molar-refractivity contribution in [3.63, 3.8) is 0 Å². The van der Waals surface area contributed by atoms with Crippen LogP contribution in [0.1, 0.15) is 57.9 Å². The zero-order chi connectivity index (χ0) is 24.9. The zero-order valence-corrected chi connectivity index (χ0v) is 21.2. The first-order valence-corrected chi connectivity index (χ1v) is 12.8. The Kier molecular flexibility index (Phi) is 7.91. The minimum Gasteiger partial charge on any atom is -0.497 e. The molecule has 0 unspecified atom stereocenters. The molecule has 2 atom stereocenters. The molecule has 1 aromatic heterocycles. The van der Waals surface area contributed by atoms with Crippen molar-refractivity contribution in [2.75, 3.05) is 13.7 Å². The molecule has 0 amide bonds. The summed E-state index contributed by atoms with van der Waals surface area (Å²) < 4.78 is 7.33. The Morgan fingerprint density at radius 2 is 1.77 bits per heavy atom. The van der Waals surface area contributed by atoms with Gasteiger partial charge >= 0.3 is 0 Å². The van der Waals surface area contributed by atoms with Crippen molar-refractivity contribution in [1.82, 2.24) is 9.47 Å². The largest absolute Gasteiger partial charge is 0.497 e. The Labute approximate surface area is 208 Å². The molecule has 1 aliphatic rings. The lowest BCUT2D eigenvalue weighted by Gasteiger charge is -2.39. The molecule has 1 aliphatic heterocycles. The SMILES string of the molecule is COc1ccc2cc(-c3cccc(C(=N)N)c3)c(=O)n(CCCCCN3[C@H](C)CCC[C@@H]3C)c2c1. The van der Waals surface area contributed by atoms with Crippen LogP contribution in [0.3, 0.4) is 0 Å². The van der Waals surface area contributed by atoms with Gasteiger partial charge < -0.3 is 15.0 Å². The van der Waals surface area contributed by atoms with Gasteiger partial charge in [-0.25, -0.2) is 0 Å². The molecule has 1 saturated heterocycles. The third-order valence-corrected chi connectivity index (χ3v) is 7.46. The van der Waals surface area contributed by atoms with Crippen LogP contribution in [0.15, 0.2) is 53.3 Å². The summed E-state index contributed by atoms with van der Waals surface area (Å²) in [5, 5.41) is 8.76. The highest BCUT2D eigenvalue weighted by Crippen LogP contribution is 2.26. The van der Waals surface area contributed by atoms with E-state index in [0.29, 0.717) is 29.8 Å². The van der Waals surface area contributed by atoms with Crippen molar-refractivity contribution in [2.45, 2.75) is 71.0 Å². The van der Waals surface area contributed by atoms with E-state index in [9.17, 15) is 4.79 Å². The molecule has 4 rings (SSSR count). The van der Waals surface area contributed by atoms with Gasteiger partial charge in [0.15, 0.2) is 0 Å². The lowest BCUT2D eigenvalue weighted by atomic mass is 9.97. The Morgan fingerprint density at radius 3 is 2.49 bits per heavy atom. The number of ether oxygens (including phenoxy) is 1. The maximum absolute atomic E-state index is 13.7. The van der Waals surface area contributed by atoms with Gasteiger partial charge in [-0.1, -0.05) is 31.0 Å². The van der Waals surface area contributed by atoms with Crippen LogP contribution >= 0.6 is 0 Å². The first-order chi connectivity index (χ1) is 16.9. The third-order valence-electron chi connectivity index (χ3n) is 7.46. The number of fused-ring (bicyclic) bond motifs is 1. The molecule has 0 spiro atoms. The fourth-order valence-corrected chi connectivity index (χ4v) is 5.42. The van der Waals surface area contributed by atoms with Crippen LogP contribution in [0.5, 0.6) is 5.75 Å². The van der Waals surface area contributed by atoms with Gasteiger partial charge in [0.05, 0.1) is 12.6 Å². The maximum atomic E-state index is 13.7. The molecule has 0 radical (unpaired) electrons. The Bertz CT molecular complexity index is 1240. The quantitative estimate of drug-likeness (QED) is 0.247. The van der Waals surface area contributed by atoms with Gasteiger partial charge in [0.25, 0.3) is 5.56 Å². The molecule has 35 heavy (non-hydrogen) atoms. The Balaban J connectivity index is 1.58. The molecule has 0 aliphatic carbocycles. The van der Waals surface area contributed by atoms with Gasteiger partial charge in [-0.15, -0.1) is 0 Å². The van der Waals surface area contributed by atoms with Crippen LogP contribution in [0.2, 0.25) is 0 Å². The van der Waals surface area contributed by atoms with Crippen molar-refractivity contribution in [2.24, 2.45) is 5.73 Å². The number of nitrogens with zero attached hydrogens (tertiary/aromatic N) is 2. The number of methoxy groups -OCH3 is 1. The van der Waals surface area contributed by atoms with E-state index in [2.05, 4.69) is 18.7 Å². The number of aromatic nitrogens is 1. The van der Waals surface area contributed by atoms with E-state index in [0.717, 1.165) is 48.0 Å². The number of likely N-dealkylation sites (tertiary alicyclic amines) is 1. The van der Waals surface area contributed by atoms with Gasteiger partial charge in [-0.3, -0.25) is 15.1 Å². The lowest BCUT2D eigenvalue weighted by Crippen LogP contribution is -2.44. The van der Waals surface area contributed by atoms with E-state index in [4.69, 9.17) is 15.9 Å². The number of hydrogen-bond donors (Lipinski definition) is 2. The van der Waals surface area contributed by atoms with Crippen LogP contribution < -0.4 is 16.0 Å². The second-order valence-electron chi connectivity index (χ2n) is 9.86. The Hall–Kier alpha value is -3.12. The van der Waals surface area contributed by atoms with Gasteiger partial charge in [-0.2, -0.15) is 0 Å². The van der Waals surface area contributed by atoms with E-state index in [1.165, 1.54) is 19.3 Å². The fourth-order valence-electron chi connectivity index (χ4n) is 5.42. The number of rotatable bonds is 9. The van der Waals surface area contributed by atoms with Crippen molar-refractivity contribution in [3.05, 3.63) is 64.4 Å². The van der Waals surface area contributed by atoms with Gasteiger partial charge in [0.2, 0.25) is 0 Å². The minimum absolute atomic E-state index is 0.00459. The number of aryl methyl sites for hydroxylation is 1. The van der Waals surface area contributed by atoms with E-state index in [-0.39, 0.29) is 11.4 Å². The number of piperidine rings is 1. The van der Waals surface area contributed by atoms with Crippen LogP contribution in [-0.2, 0) is 6.54 Å². The summed E-state index contributed by atoms with van der Waals surface area (Å²) in [7, 11) is 1.65. The zero-order valence-electron chi connectivity index (χ0n) is 21.2. The highest BCUT2D eigenvalue weighted by atomic mass is 16.5. The second-order valence-corrected chi connectivity index (χ2v) is 9.86. The lowest BCUT2D eigenvalue weighted by molar-refractivity contribution is 0.101. The number of pyridine rings is 1. The summed E-state index contributed by atoms with van der Waals surface area (Å²) in [5.41, 5.74) is 8.59. The highest BCUT2D eigenvalue weighted by Gasteiger charge is 2.23. The van der Waals surface area contributed by atoms with Crippen molar-refractivity contribution in [1.29, 1.82) is 5.41 Å².